The maximum Gasteiger partial charge on any atom is 0.0460 e. The Balaban J connectivity index is 2.22. The monoisotopic (exact) mass is 370 g/mol. The third kappa shape index (κ3) is 7.45. The van der Waals surface area contributed by atoms with Crippen LogP contribution in [0.4, 0.5) is 0 Å². The van der Waals surface area contributed by atoms with Gasteiger partial charge in [-0.2, -0.15) is 0 Å². The summed E-state index contributed by atoms with van der Waals surface area (Å²) in [7, 11) is 0. The first-order valence-corrected chi connectivity index (χ1v) is 10.2. The van der Waals surface area contributed by atoms with Crippen LogP contribution in [0.3, 0.4) is 0 Å². The van der Waals surface area contributed by atoms with E-state index in [1.54, 1.807) is 0 Å². The van der Waals surface area contributed by atoms with Crippen LogP contribution in [0.5, 0.6) is 0 Å². The molecule has 1 aliphatic rings. The van der Waals surface area contributed by atoms with E-state index in [1.165, 1.54) is 11.1 Å². The number of aliphatic hydroxyl groups is 3. The Morgan fingerprint density at radius 1 is 0.852 bits per heavy atom. The van der Waals surface area contributed by atoms with Crippen LogP contribution in [0.15, 0.2) is 66.3 Å². The molecule has 0 saturated heterocycles. The van der Waals surface area contributed by atoms with Crippen LogP contribution in [-0.2, 0) is 0 Å². The largest absolute Gasteiger partial charge is 0.396 e. The van der Waals surface area contributed by atoms with Gasteiger partial charge in [-0.15, -0.1) is 0 Å². The highest BCUT2D eigenvalue weighted by Crippen LogP contribution is 2.36. The maximum atomic E-state index is 9.74. The zero-order chi connectivity index (χ0) is 19.3. The third-order valence-electron chi connectivity index (χ3n) is 5.44. The van der Waals surface area contributed by atoms with Crippen molar-refractivity contribution in [2.75, 3.05) is 19.8 Å². The van der Waals surface area contributed by atoms with Gasteiger partial charge < -0.3 is 15.3 Å². The predicted octanol–water partition coefficient (Wildman–Crippen LogP) is 4.37. The van der Waals surface area contributed by atoms with Crippen LogP contribution in [0.2, 0.25) is 0 Å². The molecule has 3 N–H and O–H groups in total. The molecule has 0 amide bonds. The zero-order valence-electron chi connectivity index (χ0n) is 16.2. The fourth-order valence-corrected chi connectivity index (χ4v) is 3.93. The molecule has 0 aliphatic heterocycles. The maximum absolute atomic E-state index is 9.74. The van der Waals surface area contributed by atoms with Crippen LogP contribution in [0, 0.1) is 11.8 Å². The molecule has 1 aromatic rings. The highest BCUT2D eigenvalue weighted by Gasteiger charge is 2.23. The molecule has 0 aromatic heterocycles. The lowest BCUT2D eigenvalue weighted by Crippen LogP contribution is -2.17. The number of aliphatic hydroxyl groups excluding tert-OH is 3. The Morgan fingerprint density at radius 2 is 1.67 bits per heavy atom. The van der Waals surface area contributed by atoms with E-state index in [2.05, 4.69) is 54.6 Å². The molecule has 3 unspecified atom stereocenters. The number of hydrogen-bond donors (Lipinski definition) is 3. The van der Waals surface area contributed by atoms with E-state index in [4.69, 9.17) is 0 Å². The first-order valence-electron chi connectivity index (χ1n) is 10.2. The van der Waals surface area contributed by atoms with Crippen molar-refractivity contribution in [1.82, 2.24) is 0 Å². The van der Waals surface area contributed by atoms with Gasteiger partial charge in [0.25, 0.3) is 0 Å². The summed E-state index contributed by atoms with van der Waals surface area (Å²) in [4.78, 5) is 0. The smallest absolute Gasteiger partial charge is 0.0460 e. The second kappa shape index (κ2) is 12.7. The summed E-state index contributed by atoms with van der Waals surface area (Å²) < 4.78 is 0. The lowest BCUT2D eigenvalue weighted by Gasteiger charge is -2.28. The minimum atomic E-state index is 0.108. The topological polar surface area (TPSA) is 60.7 Å². The second-order valence-corrected chi connectivity index (χ2v) is 7.44. The number of hydrogen-bond acceptors (Lipinski definition) is 3. The lowest BCUT2D eigenvalue weighted by molar-refractivity contribution is 0.167. The van der Waals surface area contributed by atoms with Crippen molar-refractivity contribution < 1.29 is 15.3 Å². The van der Waals surface area contributed by atoms with Crippen LogP contribution in [0.25, 0.3) is 0 Å². The first-order chi connectivity index (χ1) is 13.3. The first kappa shape index (κ1) is 21.6. The van der Waals surface area contributed by atoms with Crippen LogP contribution >= 0.6 is 0 Å². The Labute approximate surface area is 163 Å². The quantitative estimate of drug-likeness (QED) is 0.512. The summed E-state index contributed by atoms with van der Waals surface area (Å²) in [6, 6.07) is 10.5. The van der Waals surface area contributed by atoms with E-state index < -0.39 is 0 Å². The molecule has 0 fully saturated rings. The van der Waals surface area contributed by atoms with Crippen LogP contribution in [0.1, 0.15) is 50.0 Å². The van der Waals surface area contributed by atoms with E-state index in [9.17, 15) is 15.3 Å². The molecule has 3 nitrogen and oxygen atoms in total. The van der Waals surface area contributed by atoms with Crippen LogP contribution in [-0.4, -0.2) is 35.1 Å². The van der Waals surface area contributed by atoms with Gasteiger partial charge in [-0.05, 0) is 67.4 Å². The SMILES string of the molecule is OCCCC(CC(CC(CO)CCO)c1ccccc1)C1=CC=CCC=C1. The molecule has 1 aliphatic carbocycles. The molecular weight excluding hydrogens is 336 g/mol. The summed E-state index contributed by atoms with van der Waals surface area (Å²) in [5.74, 6) is 0.798. The van der Waals surface area contributed by atoms with Gasteiger partial charge in [0.2, 0.25) is 0 Å². The summed E-state index contributed by atoms with van der Waals surface area (Å²) >= 11 is 0. The minimum Gasteiger partial charge on any atom is -0.396 e. The van der Waals surface area contributed by atoms with Gasteiger partial charge >= 0.3 is 0 Å². The van der Waals surface area contributed by atoms with Crippen molar-refractivity contribution in [3.8, 4) is 0 Å². The Hall–Kier alpha value is -1.68. The summed E-state index contributed by atoms with van der Waals surface area (Å²) in [6.45, 7) is 0.430. The third-order valence-corrected chi connectivity index (χ3v) is 5.44. The van der Waals surface area contributed by atoms with Gasteiger partial charge in [0.05, 0.1) is 0 Å². The standard InChI is InChI=1S/C24H34O3/c25-15-8-13-23(21-9-4-1-2-5-10-21)18-24(17-20(19-27)14-16-26)22-11-6-3-7-12-22/h1,3-7,9-12,20,23-27H,2,8,13-19H2. The Bertz CT molecular complexity index is 603. The van der Waals surface area contributed by atoms with Crippen molar-refractivity contribution >= 4 is 0 Å². The molecular formula is C24H34O3. The van der Waals surface area contributed by atoms with Gasteiger partial charge in [-0.3, -0.25) is 0 Å². The van der Waals surface area contributed by atoms with Gasteiger partial charge in [0, 0.05) is 19.8 Å². The molecule has 0 heterocycles. The average Bonchev–Trinajstić information content (AvgIpc) is 2.99. The fourth-order valence-electron chi connectivity index (χ4n) is 3.93. The van der Waals surface area contributed by atoms with Crippen molar-refractivity contribution in [1.29, 1.82) is 0 Å². The highest BCUT2D eigenvalue weighted by atomic mass is 16.3. The normalized spacial score (nSPS) is 17.2. The predicted molar refractivity (Wildman–Crippen MR) is 111 cm³/mol. The molecule has 0 bridgehead atoms. The van der Waals surface area contributed by atoms with E-state index in [0.717, 1.165) is 32.1 Å². The fraction of sp³-hybridized carbons (Fsp3) is 0.500. The van der Waals surface area contributed by atoms with E-state index >= 15 is 0 Å². The van der Waals surface area contributed by atoms with E-state index in [-0.39, 0.29) is 25.7 Å². The summed E-state index contributed by atoms with van der Waals surface area (Å²) in [6.07, 6.45) is 16.1. The number of allylic oxidation sites excluding steroid dienone is 6. The van der Waals surface area contributed by atoms with Crippen molar-refractivity contribution in [3.63, 3.8) is 0 Å². The molecule has 0 saturated carbocycles. The Morgan fingerprint density at radius 3 is 2.37 bits per heavy atom. The Kier molecular flexibility index (Phi) is 10.1. The van der Waals surface area contributed by atoms with E-state index in [1.807, 2.05) is 6.07 Å². The van der Waals surface area contributed by atoms with Crippen molar-refractivity contribution in [2.45, 2.75) is 44.4 Å². The van der Waals surface area contributed by atoms with Gasteiger partial charge in [0.1, 0.15) is 0 Å². The van der Waals surface area contributed by atoms with Crippen LogP contribution < -0.4 is 0 Å². The number of benzene rings is 1. The second-order valence-electron chi connectivity index (χ2n) is 7.44. The van der Waals surface area contributed by atoms with Crippen molar-refractivity contribution in [3.05, 3.63) is 71.8 Å². The van der Waals surface area contributed by atoms with Gasteiger partial charge in [-0.1, -0.05) is 60.7 Å². The molecule has 148 valence electrons. The van der Waals surface area contributed by atoms with E-state index in [0.29, 0.717) is 18.3 Å². The molecule has 3 atom stereocenters. The van der Waals surface area contributed by atoms with Crippen molar-refractivity contribution in [2.24, 2.45) is 11.8 Å². The number of rotatable bonds is 12. The zero-order valence-corrected chi connectivity index (χ0v) is 16.2. The molecule has 3 heteroatoms. The minimum absolute atomic E-state index is 0.108. The van der Waals surface area contributed by atoms with Gasteiger partial charge in [-0.25, -0.2) is 0 Å². The molecule has 27 heavy (non-hydrogen) atoms. The molecule has 0 spiro atoms. The molecule has 0 radical (unpaired) electrons. The lowest BCUT2D eigenvalue weighted by atomic mass is 9.78. The van der Waals surface area contributed by atoms with Gasteiger partial charge in [0.15, 0.2) is 0 Å². The summed E-state index contributed by atoms with van der Waals surface area (Å²) in [5.41, 5.74) is 2.61. The molecule has 1 aromatic carbocycles. The highest BCUT2D eigenvalue weighted by molar-refractivity contribution is 5.30. The summed E-state index contributed by atoms with van der Waals surface area (Å²) in [5, 5.41) is 28.4. The molecule has 2 rings (SSSR count). The average molecular weight is 371 g/mol.